The Kier molecular flexibility index (Phi) is 7.26. The van der Waals surface area contributed by atoms with Gasteiger partial charge in [-0.2, -0.15) is 4.39 Å². The summed E-state index contributed by atoms with van der Waals surface area (Å²) in [5.41, 5.74) is -0.671. The molecule has 0 unspecified atom stereocenters. The first kappa shape index (κ1) is 23.0. The van der Waals surface area contributed by atoms with Gasteiger partial charge in [-0.3, -0.25) is 19.7 Å². The van der Waals surface area contributed by atoms with Gasteiger partial charge in [0.2, 0.25) is 5.82 Å². The van der Waals surface area contributed by atoms with Crippen LogP contribution < -0.4 is 4.74 Å². The summed E-state index contributed by atoms with van der Waals surface area (Å²) in [5, 5.41) is 20.7. The summed E-state index contributed by atoms with van der Waals surface area (Å²) in [6.07, 6.45) is 0.650. The lowest BCUT2D eigenvalue weighted by molar-refractivity contribution is -0.387. The van der Waals surface area contributed by atoms with Gasteiger partial charge in [-0.05, 0) is 56.0 Å². The molecular formula is C22H24FNO6. The van der Waals surface area contributed by atoms with Crippen molar-refractivity contribution in [1.29, 1.82) is 0 Å². The lowest BCUT2D eigenvalue weighted by atomic mass is 9.79. The number of aromatic hydroxyl groups is 1. The lowest BCUT2D eigenvalue weighted by Gasteiger charge is -2.21. The SMILES string of the molecule is COc1ccc(CCC(=O)C(C)(C)C(=O)CCc2ccc(F)c([N+](=O)[O-])c2)cc1O. The van der Waals surface area contributed by atoms with E-state index >= 15 is 0 Å². The molecular weight excluding hydrogens is 393 g/mol. The second kappa shape index (κ2) is 9.47. The Bertz CT molecular complexity index is 970. The Balaban J connectivity index is 1.97. The topological polar surface area (TPSA) is 107 Å². The molecule has 0 aliphatic heterocycles. The molecule has 0 heterocycles. The smallest absolute Gasteiger partial charge is 0.305 e. The number of ether oxygens (including phenoxy) is 1. The number of methoxy groups -OCH3 is 1. The van der Waals surface area contributed by atoms with Gasteiger partial charge in [-0.15, -0.1) is 0 Å². The summed E-state index contributed by atoms with van der Waals surface area (Å²) in [5.74, 6) is -1.16. The summed E-state index contributed by atoms with van der Waals surface area (Å²) in [7, 11) is 1.44. The van der Waals surface area contributed by atoms with E-state index in [1.165, 1.54) is 19.2 Å². The third kappa shape index (κ3) is 5.40. The first-order valence-electron chi connectivity index (χ1n) is 9.41. The van der Waals surface area contributed by atoms with Crippen LogP contribution in [0.2, 0.25) is 0 Å². The van der Waals surface area contributed by atoms with Gasteiger partial charge >= 0.3 is 5.69 Å². The number of hydrogen-bond donors (Lipinski definition) is 1. The summed E-state index contributed by atoms with van der Waals surface area (Å²) < 4.78 is 18.4. The van der Waals surface area contributed by atoms with Crippen molar-refractivity contribution in [1.82, 2.24) is 0 Å². The predicted octanol–water partition coefficient (Wildman–Crippen LogP) is 4.18. The Labute approximate surface area is 173 Å². The van der Waals surface area contributed by atoms with Gasteiger partial charge in [-0.25, -0.2) is 0 Å². The molecule has 2 aromatic rings. The van der Waals surface area contributed by atoms with E-state index in [4.69, 9.17) is 4.74 Å². The van der Waals surface area contributed by atoms with Gasteiger partial charge in [0.15, 0.2) is 11.5 Å². The van der Waals surface area contributed by atoms with E-state index < -0.39 is 21.8 Å². The van der Waals surface area contributed by atoms with Crippen molar-refractivity contribution in [2.45, 2.75) is 39.5 Å². The first-order valence-corrected chi connectivity index (χ1v) is 9.41. The Morgan fingerprint density at radius 1 is 1.07 bits per heavy atom. The summed E-state index contributed by atoms with van der Waals surface area (Å²) in [6, 6.07) is 8.35. The number of halogens is 1. The number of hydrogen-bond acceptors (Lipinski definition) is 6. The number of benzene rings is 2. The van der Waals surface area contributed by atoms with Gasteiger partial charge in [-0.1, -0.05) is 12.1 Å². The van der Waals surface area contributed by atoms with E-state index in [9.17, 15) is 29.2 Å². The largest absolute Gasteiger partial charge is 0.504 e. The Morgan fingerprint density at radius 3 is 2.10 bits per heavy atom. The molecule has 0 saturated carbocycles. The zero-order chi connectivity index (χ0) is 22.5. The zero-order valence-electron chi connectivity index (χ0n) is 17.1. The van der Waals surface area contributed by atoms with Crippen LogP contribution in [0.5, 0.6) is 11.5 Å². The monoisotopic (exact) mass is 417 g/mol. The maximum atomic E-state index is 13.4. The van der Waals surface area contributed by atoms with Gasteiger partial charge in [0.1, 0.15) is 11.6 Å². The molecule has 0 spiro atoms. The van der Waals surface area contributed by atoms with Crippen molar-refractivity contribution >= 4 is 17.3 Å². The van der Waals surface area contributed by atoms with Gasteiger partial charge < -0.3 is 9.84 Å². The Morgan fingerprint density at radius 2 is 1.60 bits per heavy atom. The third-order valence-corrected chi connectivity index (χ3v) is 5.13. The van der Waals surface area contributed by atoms with Crippen molar-refractivity contribution in [2.75, 3.05) is 7.11 Å². The van der Waals surface area contributed by atoms with Crippen LogP contribution in [0.3, 0.4) is 0 Å². The molecule has 160 valence electrons. The quantitative estimate of drug-likeness (QED) is 0.353. The molecule has 7 nitrogen and oxygen atoms in total. The van der Waals surface area contributed by atoms with Crippen LogP contribution in [-0.2, 0) is 22.4 Å². The summed E-state index contributed by atoms with van der Waals surface area (Å²) >= 11 is 0. The number of phenolic OH excluding ortho intramolecular Hbond substituents is 1. The fourth-order valence-corrected chi connectivity index (χ4v) is 3.04. The molecule has 1 N–H and O–H groups in total. The second-order valence-corrected chi connectivity index (χ2v) is 7.52. The van der Waals surface area contributed by atoms with E-state index in [1.54, 1.807) is 26.0 Å². The van der Waals surface area contributed by atoms with E-state index in [2.05, 4.69) is 0 Å². The number of nitrogens with zero attached hydrogens (tertiary/aromatic N) is 1. The molecule has 0 saturated heterocycles. The van der Waals surface area contributed by atoms with Crippen molar-refractivity contribution in [3.05, 3.63) is 63.5 Å². The number of ketones is 2. The molecule has 0 bridgehead atoms. The molecule has 0 atom stereocenters. The fraction of sp³-hybridized carbons (Fsp3) is 0.364. The number of nitro benzene ring substituents is 1. The average Bonchev–Trinajstić information content (AvgIpc) is 2.70. The number of carbonyl (C=O) groups excluding carboxylic acids is 2. The van der Waals surface area contributed by atoms with E-state index in [0.29, 0.717) is 17.7 Å². The number of aryl methyl sites for hydroxylation is 2. The van der Waals surface area contributed by atoms with Crippen LogP contribution >= 0.6 is 0 Å². The number of rotatable bonds is 10. The maximum Gasteiger partial charge on any atom is 0.305 e. The van der Waals surface area contributed by atoms with Crippen LogP contribution in [0.4, 0.5) is 10.1 Å². The first-order chi connectivity index (χ1) is 14.1. The Hall–Kier alpha value is -3.29. The molecule has 0 radical (unpaired) electrons. The number of Topliss-reactive ketones (excluding diaryl/α,β-unsaturated/α-hetero) is 2. The molecule has 0 aromatic heterocycles. The highest BCUT2D eigenvalue weighted by molar-refractivity contribution is 6.06. The third-order valence-electron chi connectivity index (χ3n) is 5.13. The molecule has 0 aliphatic carbocycles. The van der Waals surface area contributed by atoms with E-state index in [-0.39, 0.29) is 36.6 Å². The van der Waals surface area contributed by atoms with Gasteiger partial charge in [0.25, 0.3) is 0 Å². The highest BCUT2D eigenvalue weighted by atomic mass is 19.1. The molecule has 2 rings (SSSR count). The number of nitro groups is 1. The molecule has 0 fully saturated rings. The number of phenols is 1. The summed E-state index contributed by atoms with van der Waals surface area (Å²) in [4.78, 5) is 35.3. The minimum absolute atomic E-state index is 0.00481. The van der Waals surface area contributed by atoms with Crippen LogP contribution in [0, 0.1) is 21.3 Å². The normalized spacial score (nSPS) is 11.2. The minimum Gasteiger partial charge on any atom is -0.504 e. The van der Waals surface area contributed by atoms with E-state index in [1.807, 2.05) is 0 Å². The molecule has 8 heteroatoms. The average molecular weight is 417 g/mol. The van der Waals surface area contributed by atoms with Crippen LogP contribution in [0.15, 0.2) is 36.4 Å². The molecule has 30 heavy (non-hydrogen) atoms. The van der Waals surface area contributed by atoms with Crippen LogP contribution in [-0.4, -0.2) is 28.7 Å². The summed E-state index contributed by atoms with van der Waals surface area (Å²) in [6.45, 7) is 3.10. The molecule has 0 aliphatic rings. The maximum absolute atomic E-state index is 13.4. The van der Waals surface area contributed by atoms with Gasteiger partial charge in [0, 0.05) is 18.9 Å². The molecule has 2 aromatic carbocycles. The predicted molar refractivity (Wildman–Crippen MR) is 108 cm³/mol. The second-order valence-electron chi connectivity index (χ2n) is 7.52. The fourth-order valence-electron chi connectivity index (χ4n) is 3.04. The number of carbonyl (C=O) groups is 2. The van der Waals surface area contributed by atoms with Crippen LogP contribution in [0.25, 0.3) is 0 Å². The standard InChI is InChI=1S/C22H24FNO6/c1-22(2,21(27)11-7-15-5-9-19(30-3)18(25)13-15)20(26)10-6-14-4-8-16(23)17(12-14)24(28)29/h4-5,8-9,12-13,25H,6-7,10-11H2,1-3H3. The van der Waals surface area contributed by atoms with Crippen molar-refractivity contribution < 1.29 is 28.7 Å². The van der Waals surface area contributed by atoms with Crippen molar-refractivity contribution in [3.63, 3.8) is 0 Å². The highest BCUT2D eigenvalue weighted by Gasteiger charge is 2.34. The van der Waals surface area contributed by atoms with Crippen molar-refractivity contribution in [3.8, 4) is 11.5 Å². The zero-order valence-corrected chi connectivity index (χ0v) is 17.1. The highest BCUT2D eigenvalue weighted by Crippen LogP contribution is 2.28. The van der Waals surface area contributed by atoms with Crippen LogP contribution in [0.1, 0.15) is 37.8 Å². The van der Waals surface area contributed by atoms with Crippen molar-refractivity contribution in [2.24, 2.45) is 5.41 Å². The lowest BCUT2D eigenvalue weighted by Crippen LogP contribution is -2.34. The van der Waals surface area contributed by atoms with E-state index in [0.717, 1.165) is 17.7 Å². The van der Waals surface area contributed by atoms with Gasteiger partial charge in [0.05, 0.1) is 17.4 Å². The minimum atomic E-state index is -1.22. The molecule has 0 amide bonds.